The van der Waals surface area contributed by atoms with E-state index >= 15 is 0 Å². The van der Waals surface area contributed by atoms with Crippen molar-refractivity contribution in [2.24, 2.45) is 0 Å². The third kappa shape index (κ3) is 5.66. The van der Waals surface area contributed by atoms with E-state index in [2.05, 4.69) is 31.0 Å². The Labute approximate surface area is 231 Å². The van der Waals surface area contributed by atoms with E-state index in [-0.39, 0.29) is 35.8 Å². The standard InChI is InChI=1S/C31H40N4O4/c1-30(2,3)24-13-11-23(12-14-24)28(37)33-17-15-31(16-18-33)29(38)34(22-35(31)25-8-5-4-6-9-25)21-27(36)32-20-26-10-7-19-39-26/h4-6,8-9,11-14,26H,7,10,15-22H2,1-3H3,(H,32,36)/t26-/m0/s1. The van der Waals surface area contributed by atoms with Crippen LogP contribution in [0.25, 0.3) is 0 Å². The number of hydrogen-bond donors (Lipinski definition) is 1. The van der Waals surface area contributed by atoms with Gasteiger partial charge in [-0.1, -0.05) is 51.1 Å². The molecule has 3 aliphatic rings. The minimum atomic E-state index is -0.775. The van der Waals surface area contributed by atoms with Crippen LogP contribution in [0, 0.1) is 0 Å². The SMILES string of the molecule is CC(C)(C)c1ccc(C(=O)N2CCC3(CC2)C(=O)N(CC(=O)NC[C@@H]2CCCO2)CN3c2ccccc2)cc1. The lowest BCUT2D eigenvalue weighted by Gasteiger charge is -2.43. The molecule has 0 saturated carbocycles. The Bertz CT molecular complexity index is 1180. The number of rotatable bonds is 6. The van der Waals surface area contributed by atoms with E-state index in [1.54, 1.807) is 4.90 Å². The van der Waals surface area contributed by atoms with Gasteiger partial charge in [0.1, 0.15) is 12.1 Å². The summed E-state index contributed by atoms with van der Waals surface area (Å²) in [5, 5.41) is 2.94. The van der Waals surface area contributed by atoms with Gasteiger partial charge in [0, 0.05) is 37.5 Å². The number of ether oxygens (including phenoxy) is 1. The lowest BCUT2D eigenvalue weighted by atomic mass is 9.84. The molecule has 2 aromatic rings. The summed E-state index contributed by atoms with van der Waals surface area (Å²) in [5.41, 5.74) is 2.05. The van der Waals surface area contributed by atoms with E-state index in [0.717, 1.165) is 25.1 Å². The maximum absolute atomic E-state index is 13.9. The van der Waals surface area contributed by atoms with Crippen LogP contribution in [0.3, 0.4) is 0 Å². The summed E-state index contributed by atoms with van der Waals surface area (Å²) in [6.07, 6.45) is 3.05. The van der Waals surface area contributed by atoms with Crippen LogP contribution in [0.15, 0.2) is 54.6 Å². The summed E-state index contributed by atoms with van der Waals surface area (Å²) in [6.45, 7) is 9.00. The Hall–Kier alpha value is -3.39. The Morgan fingerprint density at radius 1 is 1.03 bits per heavy atom. The van der Waals surface area contributed by atoms with Crippen molar-refractivity contribution in [3.63, 3.8) is 0 Å². The first-order valence-electron chi connectivity index (χ1n) is 14.1. The first-order chi connectivity index (χ1) is 18.7. The van der Waals surface area contributed by atoms with Gasteiger partial charge in [-0.15, -0.1) is 0 Å². The highest BCUT2D eigenvalue weighted by Gasteiger charge is 2.54. The van der Waals surface area contributed by atoms with Crippen LogP contribution in [0.4, 0.5) is 5.69 Å². The summed E-state index contributed by atoms with van der Waals surface area (Å²) in [4.78, 5) is 45.7. The zero-order valence-electron chi connectivity index (χ0n) is 23.3. The fourth-order valence-electron chi connectivity index (χ4n) is 5.96. The molecule has 39 heavy (non-hydrogen) atoms. The van der Waals surface area contributed by atoms with Gasteiger partial charge in [0.15, 0.2) is 0 Å². The molecule has 0 aromatic heterocycles. The van der Waals surface area contributed by atoms with Gasteiger partial charge in [0.25, 0.3) is 11.8 Å². The molecular weight excluding hydrogens is 492 g/mol. The van der Waals surface area contributed by atoms with Crippen molar-refractivity contribution < 1.29 is 19.1 Å². The number of nitrogens with one attached hydrogen (secondary N) is 1. The number of para-hydroxylation sites is 1. The first-order valence-corrected chi connectivity index (χ1v) is 14.1. The average Bonchev–Trinajstić information content (AvgIpc) is 3.55. The highest BCUT2D eigenvalue weighted by Crippen LogP contribution is 2.39. The van der Waals surface area contributed by atoms with E-state index in [1.165, 1.54) is 5.56 Å². The van der Waals surface area contributed by atoms with E-state index in [0.29, 0.717) is 44.7 Å². The van der Waals surface area contributed by atoms with E-state index < -0.39 is 5.54 Å². The number of anilines is 1. The van der Waals surface area contributed by atoms with Crippen LogP contribution in [-0.2, 0) is 19.7 Å². The lowest BCUT2D eigenvalue weighted by Crippen LogP contribution is -2.57. The van der Waals surface area contributed by atoms with Gasteiger partial charge in [-0.05, 0) is 60.9 Å². The van der Waals surface area contributed by atoms with Gasteiger partial charge in [0.05, 0.1) is 12.8 Å². The third-order valence-corrected chi connectivity index (χ3v) is 8.34. The number of carbonyl (C=O) groups is 3. The quantitative estimate of drug-likeness (QED) is 0.615. The molecule has 1 N–H and O–H groups in total. The van der Waals surface area contributed by atoms with Crippen molar-refractivity contribution in [2.75, 3.05) is 44.4 Å². The average molecular weight is 533 g/mol. The fourth-order valence-corrected chi connectivity index (χ4v) is 5.96. The fraction of sp³-hybridized carbons (Fsp3) is 0.516. The molecule has 8 nitrogen and oxygen atoms in total. The number of piperidine rings is 1. The topological polar surface area (TPSA) is 82.2 Å². The second kappa shape index (κ2) is 11.0. The molecule has 208 valence electrons. The van der Waals surface area contributed by atoms with Crippen molar-refractivity contribution in [1.82, 2.24) is 15.1 Å². The minimum Gasteiger partial charge on any atom is -0.376 e. The van der Waals surface area contributed by atoms with Crippen molar-refractivity contribution in [1.29, 1.82) is 0 Å². The van der Waals surface area contributed by atoms with Crippen LogP contribution in [0.5, 0.6) is 0 Å². The zero-order chi connectivity index (χ0) is 27.6. The summed E-state index contributed by atoms with van der Waals surface area (Å²) < 4.78 is 5.61. The molecule has 0 aliphatic carbocycles. The van der Waals surface area contributed by atoms with Crippen molar-refractivity contribution in [2.45, 2.75) is 63.5 Å². The molecule has 5 rings (SSSR count). The molecule has 3 saturated heterocycles. The zero-order valence-corrected chi connectivity index (χ0v) is 23.3. The summed E-state index contributed by atoms with van der Waals surface area (Å²) >= 11 is 0. The Morgan fingerprint density at radius 2 is 1.72 bits per heavy atom. The third-order valence-electron chi connectivity index (χ3n) is 8.34. The van der Waals surface area contributed by atoms with Crippen LogP contribution in [0.2, 0.25) is 0 Å². The molecule has 1 atom stereocenters. The van der Waals surface area contributed by atoms with Crippen molar-refractivity contribution in [3.05, 3.63) is 65.7 Å². The molecule has 0 radical (unpaired) electrons. The molecule has 3 amide bonds. The van der Waals surface area contributed by atoms with Crippen molar-refractivity contribution >= 4 is 23.4 Å². The molecule has 1 spiro atoms. The maximum atomic E-state index is 13.9. The van der Waals surface area contributed by atoms with Crippen molar-refractivity contribution in [3.8, 4) is 0 Å². The van der Waals surface area contributed by atoms with Gasteiger partial charge >= 0.3 is 0 Å². The van der Waals surface area contributed by atoms with Gasteiger partial charge < -0.3 is 24.8 Å². The maximum Gasteiger partial charge on any atom is 0.253 e. The molecule has 0 bridgehead atoms. The highest BCUT2D eigenvalue weighted by atomic mass is 16.5. The van der Waals surface area contributed by atoms with E-state index in [9.17, 15) is 14.4 Å². The van der Waals surface area contributed by atoms with E-state index in [4.69, 9.17) is 4.74 Å². The van der Waals surface area contributed by atoms with Gasteiger partial charge in [0.2, 0.25) is 5.91 Å². The predicted molar refractivity (Wildman–Crippen MR) is 150 cm³/mol. The summed E-state index contributed by atoms with van der Waals surface area (Å²) in [5.74, 6) is -0.220. The second-order valence-electron chi connectivity index (χ2n) is 12.0. The number of nitrogens with zero attached hydrogens (tertiary/aromatic N) is 3. The first kappa shape index (κ1) is 27.2. The van der Waals surface area contributed by atoms with Crippen LogP contribution >= 0.6 is 0 Å². The molecule has 8 heteroatoms. The van der Waals surface area contributed by atoms with Gasteiger partial charge in [-0.2, -0.15) is 0 Å². The number of benzene rings is 2. The largest absolute Gasteiger partial charge is 0.376 e. The Kier molecular flexibility index (Phi) is 7.67. The summed E-state index contributed by atoms with van der Waals surface area (Å²) in [6, 6.07) is 17.7. The minimum absolute atomic E-state index is 0.00705. The molecule has 2 aromatic carbocycles. The number of hydrogen-bond acceptors (Lipinski definition) is 5. The normalized spacial score (nSPS) is 21.1. The molecule has 3 heterocycles. The lowest BCUT2D eigenvalue weighted by molar-refractivity contribution is -0.137. The van der Waals surface area contributed by atoms with E-state index in [1.807, 2.05) is 59.5 Å². The van der Waals surface area contributed by atoms with Crippen LogP contribution < -0.4 is 10.2 Å². The number of carbonyl (C=O) groups excluding carboxylic acids is 3. The Balaban J connectivity index is 1.28. The number of amides is 3. The van der Waals surface area contributed by atoms with Gasteiger partial charge in [-0.25, -0.2) is 0 Å². The smallest absolute Gasteiger partial charge is 0.253 e. The molecule has 0 unspecified atom stereocenters. The Morgan fingerprint density at radius 3 is 2.33 bits per heavy atom. The summed E-state index contributed by atoms with van der Waals surface area (Å²) in [7, 11) is 0. The van der Waals surface area contributed by atoms with Crippen LogP contribution in [0.1, 0.15) is 62.4 Å². The molecule has 3 aliphatic heterocycles. The molecular formula is C31H40N4O4. The highest BCUT2D eigenvalue weighted by molar-refractivity contribution is 5.97. The predicted octanol–water partition coefficient (Wildman–Crippen LogP) is 3.56. The van der Waals surface area contributed by atoms with Gasteiger partial charge in [-0.3, -0.25) is 14.4 Å². The molecule has 3 fully saturated rings. The van der Waals surface area contributed by atoms with Crippen LogP contribution in [-0.4, -0.2) is 78.6 Å². The number of likely N-dealkylation sites (tertiary alicyclic amines) is 1. The second-order valence-corrected chi connectivity index (χ2v) is 12.0. The monoisotopic (exact) mass is 532 g/mol.